The lowest BCUT2D eigenvalue weighted by Crippen LogP contribution is -2.44. The maximum atomic E-state index is 13.4. The molecule has 6 atom stereocenters. The molecule has 1 heterocycles. The van der Waals surface area contributed by atoms with Gasteiger partial charge >= 0.3 is 0 Å². The van der Waals surface area contributed by atoms with E-state index in [0.29, 0.717) is 19.4 Å². The Morgan fingerprint density at radius 1 is 0.830 bits per heavy atom. The summed E-state index contributed by atoms with van der Waals surface area (Å²) in [6, 6.07) is -2.35. The molecule has 1 saturated heterocycles. The number of β-amino-alcohol motifs (C(OH)–C–C–N with tert-alkyl or cyclic N) is 1. The van der Waals surface area contributed by atoms with Gasteiger partial charge in [-0.15, -0.1) is 0 Å². The van der Waals surface area contributed by atoms with E-state index in [0.717, 1.165) is 0 Å². The van der Waals surface area contributed by atoms with Gasteiger partial charge in [0.2, 0.25) is 23.6 Å². The lowest BCUT2D eigenvalue weighted by Gasteiger charge is -2.23. The zero-order valence-corrected chi connectivity index (χ0v) is 28.7. The summed E-state index contributed by atoms with van der Waals surface area (Å²) in [5.41, 5.74) is 5.28. The van der Waals surface area contributed by atoms with Crippen molar-refractivity contribution in [1.82, 2.24) is 21.3 Å². The van der Waals surface area contributed by atoms with Gasteiger partial charge in [0.1, 0.15) is 5.78 Å². The van der Waals surface area contributed by atoms with Crippen LogP contribution in [-0.4, -0.2) is 89.2 Å². The number of primary amides is 1. The molecule has 0 aromatic carbocycles. The highest BCUT2D eigenvalue weighted by Gasteiger charge is 2.31. The van der Waals surface area contributed by atoms with Gasteiger partial charge < -0.3 is 32.1 Å². The van der Waals surface area contributed by atoms with Gasteiger partial charge in [-0.2, -0.15) is 0 Å². The maximum absolute atomic E-state index is 13.4. The van der Waals surface area contributed by atoms with Gasteiger partial charge in [-0.3, -0.25) is 38.4 Å². The topological polar surface area (TPSA) is 231 Å². The first-order chi connectivity index (χ1) is 21.9. The molecule has 14 nitrogen and oxygen atoms in total. The minimum Gasteiger partial charge on any atom is -0.392 e. The van der Waals surface area contributed by atoms with Crippen LogP contribution in [0.4, 0.5) is 0 Å². The van der Waals surface area contributed by atoms with Crippen molar-refractivity contribution in [1.29, 1.82) is 0 Å². The van der Waals surface area contributed by atoms with Crippen LogP contribution >= 0.6 is 0 Å². The molecule has 1 aliphatic rings. The van der Waals surface area contributed by atoms with E-state index in [1.807, 2.05) is 27.7 Å². The highest BCUT2D eigenvalue weighted by molar-refractivity contribution is 5.95. The Kier molecular flexibility index (Phi) is 18.2. The van der Waals surface area contributed by atoms with Gasteiger partial charge in [0.05, 0.1) is 30.8 Å². The van der Waals surface area contributed by atoms with Crippen molar-refractivity contribution in [2.24, 2.45) is 29.4 Å². The normalized spacial score (nSPS) is 18.6. The van der Waals surface area contributed by atoms with E-state index in [1.54, 1.807) is 6.92 Å². The fourth-order valence-corrected chi connectivity index (χ4v) is 5.44. The Bertz CT molecular complexity index is 1140. The zero-order chi connectivity index (χ0) is 35.8. The average molecular weight is 666 g/mol. The lowest BCUT2D eigenvalue weighted by atomic mass is 9.88. The van der Waals surface area contributed by atoms with Crippen molar-refractivity contribution in [3.63, 3.8) is 0 Å². The van der Waals surface area contributed by atoms with Gasteiger partial charge in [0.15, 0.2) is 17.3 Å². The van der Waals surface area contributed by atoms with Gasteiger partial charge in [-0.25, -0.2) is 0 Å². The summed E-state index contributed by atoms with van der Waals surface area (Å²) in [5.74, 6) is -4.93. The van der Waals surface area contributed by atoms with E-state index in [2.05, 4.69) is 21.3 Å². The van der Waals surface area contributed by atoms with Crippen LogP contribution < -0.4 is 27.0 Å². The Balaban J connectivity index is 2.87. The quantitative estimate of drug-likeness (QED) is 0.0872. The van der Waals surface area contributed by atoms with Crippen LogP contribution in [0.25, 0.3) is 0 Å². The third kappa shape index (κ3) is 16.7. The fourth-order valence-electron chi connectivity index (χ4n) is 5.44. The summed E-state index contributed by atoms with van der Waals surface area (Å²) < 4.78 is 0. The van der Waals surface area contributed by atoms with Crippen LogP contribution in [0.1, 0.15) is 99.3 Å². The van der Waals surface area contributed by atoms with E-state index in [9.17, 15) is 43.5 Å². The van der Waals surface area contributed by atoms with E-state index < -0.39 is 65.5 Å². The zero-order valence-electron chi connectivity index (χ0n) is 28.7. The van der Waals surface area contributed by atoms with Gasteiger partial charge in [-0.05, 0) is 51.4 Å². The van der Waals surface area contributed by atoms with Gasteiger partial charge in [0.25, 0.3) is 0 Å². The van der Waals surface area contributed by atoms with Crippen LogP contribution in [0, 0.1) is 23.7 Å². The number of Topliss-reactive ketones (excluding diaryl/α,β-unsaturated/α-hetero) is 4. The molecule has 7 N–H and O–H groups in total. The third-order valence-corrected chi connectivity index (χ3v) is 8.10. The van der Waals surface area contributed by atoms with E-state index in [1.165, 1.54) is 6.92 Å². The van der Waals surface area contributed by atoms with Gasteiger partial charge in [0, 0.05) is 50.5 Å². The molecule has 0 unspecified atom stereocenters. The van der Waals surface area contributed by atoms with Crippen molar-refractivity contribution in [2.75, 3.05) is 13.1 Å². The lowest BCUT2D eigenvalue weighted by molar-refractivity contribution is -0.134. The summed E-state index contributed by atoms with van der Waals surface area (Å²) in [6.07, 6.45) is -0.630. The second-order valence-corrected chi connectivity index (χ2v) is 13.6. The van der Waals surface area contributed by atoms with Crippen LogP contribution in [0.15, 0.2) is 0 Å². The molecule has 1 fully saturated rings. The molecule has 0 saturated carbocycles. The number of ketones is 4. The maximum Gasteiger partial charge on any atom is 0.224 e. The molecule has 0 radical (unpaired) electrons. The number of amides is 4. The number of aliphatic hydroxyl groups excluding tert-OH is 1. The number of carbonyl (C=O) groups excluding carboxylic acids is 8. The molecule has 0 aliphatic carbocycles. The third-order valence-electron chi connectivity index (χ3n) is 8.10. The predicted molar refractivity (Wildman–Crippen MR) is 173 cm³/mol. The molecule has 0 spiro atoms. The number of nitrogens with one attached hydrogen (secondary N) is 4. The summed E-state index contributed by atoms with van der Waals surface area (Å²) in [5, 5.41) is 20.3. The summed E-state index contributed by atoms with van der Waals surface area (Å²) >= 11 is 0. The molecular formula is C33H55N5O9. The molecule has 14 heteroatoms. The number of nitrogens with two attached hydrogens (primary N) is 1. The number of carbonyl (C=O) groups is 8. The largest absolute Gasteiger partial charge is 0.392 e. The first-order valence-electron chi connectivity index (χ1n) is 16.5. The van der Waals surface area contributed by atoms with Crippen molar-refractivity contribution >= 4 is 46.8 Å². The Morgan fingerprint density at radius 3 is 1.94 bits per heavy atom. The fraction of sp³-hybridized carbons (Fsp3) is 0.758. The smallest absolute Gasteiger partial charge is 0.224 e. The molecule has 1 aliphatic heterocycles. The Labute approximate surface area is 277 Å². The Hall–Kier alpha value is -3.52. The minimum absolute atomic E-state index is 0.00373. The van der Waals surface area contributed by atoms with Crippen molar-refractivity contribution in [3.8, 4) is 0 Å². The molecule has 266 valence electrons. The molecular weight excluding hydrogens is 610 g/mol. The summed E-state index contributed by atoms with van der Waals surface area (Å²) in [4.78, 5) is 100. The molecule has 0 bridgehead atoms. The summed E-state index contributed by atoms with van der Waals surface area (Å²) in [7, 11) is 0. The first-order valence-corrected chi connectivity index (χ1v) is 16.5. The first kappa shape index (κ1) is 41.5. The molecule has 4 amide bonds. The van der Waals surface area contributed by atoms with Crippen molar-refractivity contribution in [2.45, 2.75) is 124 Å². The van der Waals surface area contributed by atoms with E-state index in [-0.39, 0.29) is 80.7 Å². The standard InChI is InChI=1S/C33H55N5O9/c1-18(2)11-22(33(47)37-20(5)21(6)39)13-24(40)17-36-32(46)23(12-19(3)4)14-29(43)26(7-9-30(34)44)38-31(45)10-8-28(42)27-15-25(41)16-35-27/h18-20,22-23,25-27,35,41H,7-17H2,1-6H3,(H2,34,44)(H,36,46)(H,37,47)(H,38,45)/t20-,22+,23+,25+,26-,27-/m0/s1. The van der Waals surface area contributed by atoms with Crippen LogP contribution in [-0.2, 0) is 38.4 Å². The second kappa shape index (κ2) is 20.7. The highest BCUT2D eigenvalue weighted by Crippen LogP contribution is 2.20. The van der Waals surface area contributed by atoms with Crippen LogP contribution in [0.3, 0.4) is 0 Å². The Morgan fingerprint density at radius 2 is 1.43 bits per heavy atom. The minimum atomic E-state index is -1.12. The second-order valence-electron chi connectivity index (χ2n) is 13.6. The monoisotopic (exact) mass is 665 g/mol. The molecule has 0 aromatic rings. The SMILES string of the molecule is CC(=O)[C@H](C)NC(=O)[C@@H](CC(=O)CNC(=O)[C@@H](CC(=O)[C@H](CCC(N)=O)NC(=O)CCC(=O)[C@@H]1C[C@@H](O)CN1)CC(C)C)CC(C)C. The highest BCUT2D eigenvalue weighted by atomic mass is 16.3. The van der Waals surface area contributed by atoms with Crippen molar-refractivity contribution < 1.29 is 43.5 Å². The van der Waals surface area contributed by atoms with Crippen LogP contribution in [0.5, 0.6) is 0 Å². The number of rotatable bonds is 23. The number of aliphatic hydroxyl groups is 1. The average Bonchev–Trinajstić information content (AvgIpc) is 3.41. The van der Waals surface area contributed by atoms with Gasteiger partial charge in [-0.1, -0.05) is 27.7 Å². The van der Waals surface area contributed by atoms with E-state index in [4.69, 9.17) is 5.73 Å². The molecule has 47 heavy (non-hydrogen) atoms. The molecule has 1 rings (SSSR count). The summed E-state index contributed by atoms with van der Waals surface area (Å²) in [6.45, 7) is 10.4. The molecule has 0 aromatic heterocycles. The number of hydrogen-bond donors (Lipinski definition) is 6. The van der Waals surface area contributed by atoms with Crippen LogP contribution in [0.2, 0.25) is 0 Å². The number of hydrogen-bond acceptors (Lipinski definition) is 10. The van der Waals surface area contributed by atoms with Crippen molar-refractivity contribution in [3.05, 3.63) is 0 Å². The predicted octanol–water partition coefficient (Wildman–Crippen LogP) is 0.262. The van der Waals surface area contributed by atoms with E-state index >= 15 is 0 Å².